The zero-order valence-corrected chi connectivity index (χ0v) is 16.9. The van der Waals surface area contributed by atoms with Gasteiger partial charge in [0.15, 0.2) is 0 Å². The van der Waals surface area contributed by atoms with Crippen molar-refractivity contribution in [2.24, 2.45) is 0 Å². The fraction of sp³-hybridized carbons (Fsp3) is 0.429. The Hall–Kier alpha value is -2.84. The molecule has 0 saturated carbocycles. The van der Waals surface area contributed by atoms with Gasteiger partial charge in [-0.25, -0.2) is 4.98 Å². The zero-order valence-electron chi connectivity index (χ0n) is 16.9. The van der Waals surface area contributed by atoms with Crippen molar-refractivity contribution in [3.8, 4) is 17.3 Å². The van der Waals surface area contributed by atoms with Gasteiger partial charge in [0.05, 0.1) is 12.1 Å². The monoisotopic (exact) mass is 394 g/mol. The van der Waals surface area contributed by atoms with E-state index in [1.165, 1.54) is 5.56 Å². The highest BCUT2D eigenvalue weighted by atomic mass is 16.5. The molecule has 0 amide bonds. The van der Waals surface area contributed by atoms with Crippen molar-refractivity contribution in [2.75, 3.05) is 40.3 Å². The second kappa shape index (κ2) is 9.11. The Morgan fingerprint density at radius 3 is 2.93 bits per heavy atom. The molecule has 3 heterocycles. The molecule has 152 valence electrons. The molecular formula is C21H26N6O2. The molecule has 1 atom stereocenters. The van der Waals surface area contributed by atoms with Crippen LogP contribution in [0.4, 0.5) is 0 Å². The summed E-state index contributed by atoms with van der Waals surface area (Å²) >= 11 is 0. The van der Waals surface area contributed by atoms with Crippen LogP contribution in [0, 0.1) is 0 Å². The van der Waals surface area contributed by atoms with Gasteiger partial charge in [-0.1, -0.05) is 18.2 Å². The van der Waals surface area contributed by atoms with Crippen molar-refractivity contribution in [1.29, 1.82) is 0 Å². The summed E-state index contributed by atoms with van der Waals surface area (Å²) in [5.41, 5.74) is 1.81. The molecule has 1 saturated heterocycles. The number of hydrogen-bond donors (Lipinski definition) is 0. The lowest BCUT2D eigenvalue weighted by molar-refractivity contribution is 0.253. The summed E-state index contributed by atoms with van der Waals surface area (Å²) in [6.45, 7) is 4.29. The molecule has 8 nitrogen and oxygen atoms in total. The lowest BCUT2D eigenvalue weighted by atomic mass is 10.1. The van der Waals surface area contributed by atoms with Crippen LogP contribution in [0.2, 0.25) is 0 Å². The molecule has 0 spiro atoms. The first kappa shape index (κ1) is 19.5. The minimum Gasteiger partial charge on any atom is -0.492 e. The van der Waals surface area contributed by atoms with E-state index < -0.39 is 0 Å². The highest BCUT2D eigenvalue weighted by Crippen LogP contribution is 2.30. The summed E-state index contributed by atoms with van der Waals surface area (Å²) in [5, 5.41) is 8.39. The number of hydrogen-bond acceptors (Lipinski definition) is 8. The van der Waals surface area contributed by atoms with Crippen LogP contribution in [0.25, 0.3) is 11.6 Å². The van der Waals surface area contributed by atoms with E-state index in [4.69, 9.17) is 9.15 Å². The molecular weight excluding hydrogens is 368 g/mol. The molecule has 0 aliphatic carbocycles. The van der Waals surface area contributed by atoms with E-state index in [9.17, 15) is 0 Å². The van der Waals surface area contributed by atoms with Gasteiger partial charge in [0.2, 0.25) is 5.89 Å². The number of aromatic nitrogens is 4. The SMILES string of the molecule is CN(C)CCOc1ccccc1CN1CCC(c2nnc(-c3cnccn3)o2)C1. The topological polar surface area (TPSA) is 80.4 Å². The lowest BCUT2D eigenvalue weighted by Gasteiger charge is -2.19. The molecule has 1 aliphatic heterocycles. The minimum atomic E-state index is 0.231. The molecule has 1 aliphatic rings. The van der Waals surface area contributed by atoms with Crippen LogP contribution in [0.1, 0.15) is 23.8 Å². The Morgan fingerprint density at radius 2 is 2.10 bits per heavy atom. The van der Waals surface area contributed by atoms with E-state index >= 15 is 0 Å². The van der Waals surface area contributed by atoms with Crippen molar-refractivity contribution in [3.63, 3.8) is 0 Å². The fourth-order valence-corrected chi connectivity index (χ4v) is 3.44. The quantitative estimate of drug-likeness (QED) is 0.576. The van der Waals surface area contributed by atoms with Gasteiger partial charge in [-0.05, 0) is 33.1 Å². The summed E-state index contributed by atoms with van der Waals surface area (Å²) in [6.07, 6.45) is 5.86. The summed E-state index contributed by atoms with van der Waals surface area (Å²) < 4.78 is 11.9. The van der Waals surface area contributed by atoms with E-state index in [0.717, 1.165) is 38.3 Å². The number of likely N-dealkylation sites (tertiary alicyclic amines) is 1. The van der Waals surface area contributed by atoms with Gasteiger partial charge >= 0.3 is 0 Å². The lowest BCUT2D eigenvalue weighted by Crippen LogP contribution is -2.22. The second-order valence-corrected chi connectivity index (χ2v) is 7.52. The molecule has 0 N–H and O–H groups in total. The summed E-state index contributed by atoms with van der Waals surface area (Å²) in [7, 11) is 4.10. The van der Waals surface area contributed by atoms with Gasteiger partial charge in [0.25, 0.3) is 5.89 Å². The van der Waals surface area contributed by atoms with Crippen molar-refractivity contribution < 1.29 is 9.15 Å². The minimum absolute atomic E-state index is 0.231. The summed E-state index contributed by atoms with van der Waals surface area (Å²) in [4.78, 5) is 12.8. The van der Waals surface area contributed by atoms with Crippen molar-refractivity contribution in [2.45, 2.75) is 18.9 Å². The van der Waals surface area contributed by atoms with Crippen molar-refractivity contribution in [3.05, 3.63) is 54.3 Å². The van der Waals surface area contributed by atoms with Crippen LogP contribution in [0.5, 0.6) is 5.75 Å². The van der Waals surface area contributed by atoms with E-state index in [2.05, 4.69) is 42.1 Å². The Kier molecular flexibility index (Phi) is 6.12. The average Bonchev–Trinajstić information content (AvgIpc) is 3.39. The molecule has 4 rings (SSSR count). The maximum atomic E-state index is 6.00. The molecule has 3 aromatic rings. The summed E-state index contributed by atoms with van der Waals surface area (Å²) in [5.74, 6) is 2.28. The van der Waals surface area contributed by atoms with E-state index in [0.29, 0.717) is 24.1 Å². The number of rotatable bonds is 8. The zero-order chi connectivity index (χ0) is 20.1. The molecule has 2 aromatic heterocycles. The standard InChI is InChI=1S/C21H26N6O2/c1-26(2)11-12-28-19-6-4-3-5-16(19)14-27-10-7-17(15-27)20-24-25-21(29-20)18-13-22-8-9-23-18/h3-6,8-9,13,17H,7,10-12,14-15H2,1-2H3. The van der Waals surface area contributed by atoms with Gasteiger partial charge in [-0.2, -0.15) is 0 Å². The predicted molar refractivity (Wildman–Crippen MR) is 108 cm³/mol. The van der Waals surface area contributed by atoms with Crippen LogP contribution in [0.15, 0.2) is 47.3 Å². The molecule has 1 fully saturated rings. The Balaban J connectivity index is 1.37. The summed E-state index contributed by atoms with van der Waals surface area (Å²) in [6, 6.07) is 8.27. The van der Waals surface area contributed by atoms with Gasteiger partial charge in [-0.3, -0.25) is 9.88 Å². The van der Waals surface area contributed by atoms with Crippen LogP contribution in [-0.4, -0.2) is 70.3 Å². The second-order valence-electron chi connectivity index (χ2n) is 7.52. The third kappa shape index (κ3) is 4.96. The van der Waals surface area contributed by atoms with Gasteiger partial charge in [0.1, 0.15) is 18.1 Å². The third-order valence-corrected chi connectivity index (χ3v) is 5.01. The molecule has 1 aromatic carbocycles. The molecule has 29 heavy (non-hydrogen) atoms. The maximum Gasteiger partial charge on any atom is 0.267 e. The first-order valence-corrected chi connectivity index (χ1v) is 9.86. The Morgan fingerprint density at radius 1 is 1.21 bits per heavy atom. The van der Waals surface area contributed by atoms with E-state index in [1.807, 2.05) is 26.2 Å². The van der Waals surface area contributed by atoms with Crippen LogP contribution >= 0.6 is 0 Å². The number of likely N-dealkylation sites (N-methyl/N-ethyl adjacent to an activating group) is 1. The van der Waals surface area contributed by atoms with Crippen molar-refractivity contribution in [1.82, 2.24) is 30.0 Å². The number of para-hydroxylation sites is 1. The molecule has 0 bridgehead atoms. The van der Waals surface area contributed by atoms with Crippen LogP contribution < -0.4 is 4.74 Å². The average molecular weight is 394 g/mol. The number of benzene rings is 1. The maximum absolute atomic E-state index is 6.00. The van der Waals surface area contributed by atoms with Gasteiger partial charge in [0, 0.05) is 37.6 Å². The van der Waals surface area contributed by atoms with Gasteiger partial charge < -0.3 is 14.1 Å². The molecule has 1 unspecified atom stereocenters. The highest BCUT2D eigenvalue weighted by Gasteiger charge is 2.29. The molecule has 8 heteroatoms. The van der Waals surface area contributed by atoms with Crippen molar-refractivity contribution >= 4 is 0 Å². The van der Waals surface area contributed by atoms with E-state index in [1.54, 1.807) is 18.6 Å². The Labute approximate surface area is 170 Å². The van der Waals surface area contributed by atoms with Crippen LogP contribution in [0.3, 0.4) is 0 Å². The fourth-order valence-electron chi connectivity index (χ4n) is 3.44. The van der Waals surface area contributed by atoms with Gasteiger partial charge in [-0.15, -0.1) is 10.2 Å². The largest absolute Gasteiger partial charge is 0.492 e. The normalized spacial score (nSPS) is 17.1. The van der Waals surface area contributed by atoms with Crippen LogP contribution in [-0.2, 0) is 6.54 Å². The predicted octanol–water partition coefficient (Wildman–Crippen LogP) is 2.46. The van der Waals surface area contributed by atoms with E-state index in [-0.39, 0.29) is 5.92 Å². The molecule has 0 radical (unpaired) electrons. The Bertz CT molecular complexity index is 914. The number of nitrogens with zero attached hydrogens (tertiary/aromatic N) is 6. The smallest absolute Gasteiger partial charge is 0.267 e. The third-order valence-electron chi connectivity index (χ3n) is 5.01. The highest BCUT2D eigenvalue weighted by molar-refractivity contribution is 5.43. The first-order valence-electron chi connectivity index (χ1n) is 9.86. The first-order chi connectivity index (χ1) is 14.2. The number of ether oxygens (including phenoxy) is 1.